The molecule has 0 spiro atoms. The van der Waals surface area contributed by atoms with Crippen LogP contribution in [0.15, 0.2) is 24.3 Å². The van der Waals surface area contributed by atoms with Gasteiger partial charge in [-0.2, -0.15) is 0 Å². The number of carbonyl (C=O) groups is 1. The number of urea groups is 1. The van der Waals surface area contributed by atoms with Crippen molar-refractivity contribution in [3.05, 3.63) is 35.4 Å². The monoisotopic (exact) mass is 261 g/mol. The zero-order valence-electron chi connectivity index (χ0n) is 11.9. The molecule has 1 aliphatic rings. The van der Waals surface area contributed by atoms with Crippen molar-refractivity contribution < 1.29 is 4.79 Å². The molecule has 1 aliphatic heterocycles. The van der Waals surface area contributed by atoms with Crippen molar-refractivity contribution >= 4 is 6.03 Å². The SMILES string of the molecule is Cc1cccc(CCNC(=O)N2CCN(C)CC2)c1. The van der Waals surface area contributed by atoms with Gasteiger partial charge in [0.1, 0.15) is 0 Å². The molecular weight excluding hydrogens is 238 g/mol. The summed E-state index contributed by atoms with van der Waals surface area (Å²) in [5.74, 6) is 0. The minimum Gasteiger partial charge on any atom is -0.338 e. The number of nitrogens with one attached hydrogen (secondary N) is 1. The summed E-state index contributed by atoms with van der Waals surface area (Å²) in [6.07, 6.45) is 0.890. The Balaban J connectivity index is 1.72. The molecule has 1 fully saturated rings. The van der Waals surface area contributed by atoms with E-state index < -0.39 is 0 Å². The highest BCUT2D eigenvalue weighted by atomic mass is 16.2. The first-order valence-corrected chi connectivity index (χ1v) is 6.92. The number of hydrogen-bond donors (Lipinski definition) is 1. The van der Waals surface area contributed by atoms with E-state index >= 15 is 0 Å². The second kappa shape index (κ2) is 6.57. The van der Waals surface area contributed by atoms with Gasteiger partial charge in [-0.25, -0.2) is 4.79 Å². The maximum atomic E-state index is 12.0. The van der Waals surface area contributed by atoms with E-state index in [1.54, 1.807) is 0 Å². The van der Waals surface area contributed by atoms with Gasteiger partial charge in [0.25, 0.3) is 0 Å². The molecule has 1 N–H and O–H groups in total. The lowest BCUT2D eigenvalue weighted by Gasteiger charge is -2.32. The Morgan fingerprint density at radius 3 is 2.68 bits per heavy atom. The van der Waals surface area contributed by atoms with Gasteiger partial charge in [0.15, 0.2) is 0 Å². The third kappa shape index (κ3) is 4.24. The standard InChI is InChI=1S/C15H23N3O/c1-13-4-3-5-14(12-13)6-7-16-15(19)18-10-8-17(2)9-11-18/h3-5,12H,6-11H2,1-2H3,(H,16,19). The molecule has 2 amide bonds. The molecule has 4 nitrogen and oxygen atoms in total. The summed E-state index contributed by atoms with van der Waals surface area (Å²) in [4.78, 5) is 16.1. The first-order valence-electron chi connectivity index (χ1n) is 6.92. The van der Waals surface area contributed by atoms with Crippen LogP contribution in [-0.2, 0) is 6.42 Å². The largest absolute Gasteiger partial charge is 0.338 e. The molecule has 0 bridgehead atoms. The maximum absolute atomic E-state index is 12.0. The fourth-order valence-electron chi connectivity index (χ4n) is 2.30. The summed E-state index contributed by atoms with van der Waals surface area (Å²) in [6, 6.07) is 8.50. The van der Waals surface area contributed by atoms with Crippen LogP contribution < -0.4 is 5.32 Å². The molecule has 19 heavy (non-hydrogen) atoms. The van der Waals surface area contributed by atoms with E-state index in [2.05, 4.69) is 48.5 Å². The first-order chi connectivity index (χ1) is 9.15. The lowest BCUT2D eigenvalue weighted by atomic mass is 10.1. The molecule has 104 valence electrons. The van der Waals surface area contributed by atoms with Gasteiger partial charge in [-0.3, -0.25) is 0 Å². The zero-order valence-corrected chi connectivity index (χ0v) is 11.9. The van der Waals surface area contributed by atoms with Gasteiger partial charge in [0, 0.05) is 32.7 Å². The van der Waals surface area contributed by atoms with Crippen molar-refractivity contribution in [3.8, 4) is 0 Å². The third-order valence-corrected chi connectivity index (χ3v) is 3.56. The maximum Gasteiger partial charge on any atom is 0.317 e. The molecule has 2 rings (SSSR count). The van der Waals surface area contributed by atoms with Gasteiger partial charge < -0.3 is 15.1 Å². The van der Waals surface area contributed by atoms with Gasteiger partial charge >= 0.3 is 6.03 Å². The molecule has 1 saturated heterocycles. The van der Waals surface area contributed by atoms with E-state index in [-0.39, 0.29) is 6.03 Å². The van der Waals surface area contributed by atoms with E-state index in [4.69, 9.17) is 0 Å². The molecule has 0 aliphatic carbocycles. The molecule has 0 saturated carbocycles. The van der Waals surface area contributed by atoms with E-state index in [1.807, 2.05) is 4.90 Å². The van der Waals surface area contributed by atoms with Crippen LogP contribution >= 0.6 is 0 Å². The van der Waals surface area contributed by atoms with Crippen LogP contribution in [0.2, 0.25) is 0 Å². The minimum atomic E-state index is 0.0701. The van der Waals surface area contributed by atoms with Crippen molar-refractivity contribution in [3.63, 3.8) is 0 Å². The van der Waals surface area contributed by atoms with Crippen LogP contribution in [0.4, 0.5) is 4.79 Å². The molecule has 0 aromatic heterocycles. The Labute approximate surface area is 115 Å². The number of carbonyl (C=O) groups excluding carboxylic acids is 1. The molecule has 1 aromatic rings. The number of aryl methyl sites for hydroxylation is 1. The lowest BCUT2D eigenvalue weighted by Crippen LogP contribution is -2.50. The van der Waals surface area contributed by atoms with Crippen molar-refractivity contribution in [2.45, 2.75) is 13.3 Å². The van der Waals surface area contributed by atoms with E-state index in [0.29, 0.717) is 6.54 Å². The Bertz CT molecular complexity index is 425. The van der Waals surface area contributed by atoms with Crippen molar-refractivity contribution in [2.75, 3.05) is 39.8 Å². The number of rotatable bonds is 3. The Morgan fingerprint density at radius 1 is 1.26 bits per heavy atom. The Kier molecular flexibility index (Phi) is 4.80. The number of piperazine rings is 1. The first kappa shape index (κ1) is 13.9. The number of likely N-dealkylation sites (N-methyl/N-ethyl adjacent to an activating group) is 1. The van der Waals surface area contributed by atoms with E-state index in [0.717, 1.165) is 32.6 Å². The molecule has 4 heteroatoms. The number of nitrogens with zero attached hydrogens (tertiary/aromatic N) is 2. The fraction of sp³-hybridized carbons (Fsp3) is 0.533. The van der Waals surface area contributed by atoms with Crippen molar-refractivity contribution in [1.29, 1.82) is 0 Å². The number of benzene rings is 1. The molecular formula is C15H23N3O. The normalized spacial score (nSPS) is 16.4. The van der Waals surface area contributed by atoms with E-state index in [9.17, 15) is 4.79 Å². The van der Waals surface area contributed by atoms with Crippen LogP contribution in [-0.4, -0.2) is 55.6 Å². The topological polar surface area (TPSA) is 35.6 Å². The van der Waals surface area contributed by atoms with Gasteiger partial charge in [-0.1, -0.05) is 29.8 Å². The Hall–Kier alpha value is -1.55. The van der Waals surface area contributed by atoms with Crippen LogP contribution in [0.3, 0.4) is 0 Å². The molecule has 1 heterocycles. The fourth-order valence-corrected chi connectivity index (χ4v) is 2.30. The minimum absolute atomic E-state index is 0.0701. The summed E-state index contributed by atoms with van der Waals surface area (Å²) >= 11 is 0. The smallest absolute Gasteiger partial charge is 0.317 e. The second-order valence-corrected chi connectivity index (χ2v) is 5.26. The molecule has 0 radical (unpaired) electrons. The second-order valence-electron chi connectivity index (χ2n) is 5.26. The number of amides is 2. The summed E-state index contributed by atoms with van der Waals surface area (Å²) in [6.45, 7) is 6.37. The van der Waals surface area contributed by atoms with Gasteiger partial charge in [-0.15, -0.1) is 0 Å². The molecule has 1 aromatic carbocycles. The van der Waals surface area contributed by atoms with Crippen LogP contribution in [0.5, 0.6) is 0 Å². The summed E-state index contributed by atoms with van der Waals surface area (Å²) < 4.78 is 0. The summed E-state index contributed by atoms with van der Waals surface area (Å²) in [5.41, 5.74) is 2.54. The van der Waals surface area contributed by atoms with Gasteiger partial charge in [0.2, 0.25) is 0 Å². The van der Waals surface area contributed by atoms with E-state index in [1.165, 1.54) is 11.1 Å². The highest BCUT2D eigenvalue weighted by Crippen LogP contribution is 2.04. The quantitative estimate of drug-likeness (QED) is 0.895. The summed E-state index contributed by atoms with van der Waals surface area (Å²) in [5, 5.41) is 3.00. The predicted molar refractivity (Wildman–Crippen MR) is 77.4 cm³/mol. The Morgan fingerprint density at radius 2 is 2.00 bits per heavy atom. The van der Waals surface area contributed by atoms with Gasteiger partial charge in [0.05, 0.1) is 0 Å². The van der Waals surface area contributed by atoms with Crippen molar-refractivity contribution in [2.24, 2.45) is 0 Å². The zero-order chi connectivity index (χ0) is 13.7. The lowest BCUT2D eigenvalue weighted by molar-refractivity contribution is 0.154. The van der Waals surface area contributed by atoms with Gasteiger partial charge in [-0.05, 0) is 26.0 Å². The average molecular weight is 261 g/mol. The van der Waals surface area contributed by atoms with Crippen LogP contribution in [0, 0.1) is 6.92 Å². The highest BCUT2D eigenvalue weighted by Gasteiger charge is 2.18. The van der Waals surface area contributed by atoms with Crippen LogP contribution in [0.1, 0.15) is 11.1 Å². The summed E-state index contributed by atoms with van der Waals surface area (Å²) in [7, 11) is 2.09. The average Bonchev–Trinajstić information content (AvgIpc) is 2.39. The molecule has 0 unspecified atom stereocenters. The van der Waals surface area contributed by atoms with Crippen molar-refractivity contribution in [1.82, 2.24) is 15.1 Å². The van der Waals surface area contributed by atoms with Crippen LogP contribution in [0.25, 0.3) is 0 Å². The highest BCUT2D eigenvalue weighted by molar-refractivity contribution is 5.74. The number of hydrogen-bond acceptors (Lipinski definition) is 2. The predicted octanol–water partition coefficient (Wildman–Crippen LogP) is 1.49. The third-order valence-electron chi connectivity index (χ3n) is 3.56. The molecule has 0 atom stereocenters.